The number of nitrogens with one attached hydrogen (secondary N) is 2. The zero-order chi connectivity index (χ0) is 16.8. The molecule has 0 aromatic heterocycles. The van der Waals surface area contributed by atoms with Gasteiger partial charge in [0.25, 0.3) is 0 Å². The molecular weight excluding hydrogens is 304 g/mol. The van der Waals surface area contributed by atoms with Crippen LogP contribution in [0.25, 0.3) is 0 Å². The number of methoxy groups -OCH3 is 1. The van der Waals surface area contributed by atoms with E-state index >= 15 is 0 Å². The summed E-state index contributed by atoms with van der Waals surface area (Å²) in [5.74, 6) is 0.861. The number of rotatable bonds is 5. The normalized spacial score (nSPS) is 11.7. The van der Waals surface area contributed by atoms with Gasteiger partial charge in [-0.15, -0.1) is 0 Å². The molecule has 0 amide bonds. The molecular formula is C19H24N2OS. The number of benzene rings is 2. The zero-order valence-electron chi connectivity index (χ0n) is 14.1. The summed E-state index contributed by atoms with van der Waals surface area (Å²) in [7, 11) is 1.67. The molecule has 0 fully saturated rings. The summed E-state index contributed by atoms with van der Waals surface area (Å²) in [5, 5.41) is 7.34. The van der Waals surface area contributed by atoms with E-state index in [1.165, 1.54) is 16.7 Å². The van der Waals surface area contributed by atoms with Crippen molar-refractivity contribution in [3.05, 3.63) is 59.2 Å². The number of hydrogen-bond donors (Lipinski definition) is 2. The van der Waals surface area contributed by atoms with Crippen LogP contribution in [0.1, 0.15) is 36.1 Å². The van der Waals surface area contributed by atoms with E-state index in [2.05, 4.69) is 61.7 Å². The zero-order valence-corrected chi connectivity index (χ0v) is 15.0. The molecule has 0 aliphatic carbocycles. The Labute approximate surface area is 144 Å². The van der Waals surface area contributed by atoms with Crippen LogP contribution in [0.5, 0.6) is 5.75 Å². The van der Waals surface area contributed by atoms with Crippen molar-refractivity contribution in [1.82, 2.24) is 5.32 Å². The molecule has 4 heteroatoms. The fraction of sp³-hybridized carbons (Fsp3) is 0.316. The molecule has 0 aliphatic rings. The lowest BCUT2D eigenvalue weighted by Gasteiger charge is -2.21. The second-order valence-corrected chi connectivity index (χ2v) is 6.06. The van der Waals surface area contributed by atoms with Gasteiger partial charge in [0.15, 0.2) is 5.11 Å². The second-order valence-electron chi connectivity index (χ2n) is 5.65. The Hall–Kier alpha value is -2.07. The Morgan fingerprint density at radius 1 is 1.13 bits per heavy atom. The van der Waals surface area contributed by atoms with Crippen LogP contribution in [0.4, 0.5) is 5.69 Å². The highest BCUT2D eigenvalue weighted by Gasteiger charge is 2.11. The van der Waals surface area contributed by atoms with Crippen molar-refractivity contribution >= 4 is 23.0 Å². The van der Waals surface area contributed by atoms with Crippen LogP contribution >= 0.6 is 12.2 Å². The highest BCUT2D eigenvalue weighted by molar-refractivity contribution is 7.80. The molecule has 2 aromatic carbocycles. The van der Waals surface area contributed by atoms with Crippen LogP contribution in [-0.2, 0) is 0 Å². The number of anilines is 1. The predicted molar refractivity (Wildman–Crippen MR) is 101 cm³/mol. The van der Waals surface area contributed by atoms with E-state index in [0.717, 1.165) is 17.9 Å². The maximum absolute atomic E-state index is 5.48. The summed E-state index contributed by atoms with van der Waals surface area (Å²) >= 11 is 5.48. The third kappa shape index (κ3) is 4.70. The lowest BCUT2D eigenvalue weighted by molar-refractivity contribution is 0.414. The molecule has 23 heavy (non-hydrogen) atoms. The molecule has 0 saturated carbocycles. The van der Waals surface area contributed by atoms with Crippen molar-refractivity contribution in [3.63, 3.8) is 0 Å². The van der Waals surface area contributed by atoms with Gasteiger partial charge in [0.1, 0.15) is 5.75 Å². The molecule has 2 N–H and O–H groups in total. The van der Waals surface area contributed by atoms with E-state index in [-0.39, 0.29) is 6.04 Å². The average Bonchev–Trinajstić information content (AvgIpc) is 2.56. The van der Waals surface area contributed by atoms with E-state index < -0.39 is 0 Å². The lowest BCUT2D eigenvalue weighted by Crippen LogP contribution is -2.32. The minimum Gasteiger partial charge on any atom is -0.497 e. The van der Waals surface area contributed by atoms with Gasteiger partial charge in [0, 0.05) is 5.69 Å². The quantitative estimate of drug-likeness (QED) is 0.776. The van der Waals surface area contributed by atoms with E-state index in [4.69, 9.17) is 17.0 Å². The summed E-state index contributed by atoms with van der Waals surface area (Å²) < 4.78 is 5.21. The molecule has 0 heterocycles. The van der Waals surface area contributed by atoms with Crippen LogP contribution in [0.2, 0.25) is 0 Å². The maximum Gasteiger partial charge on any atom is 0.171 e. The van der Waals surface area contributed by atoms with E-state index in [1.807, 2.05) is 12.1 Å². The van der Waals surface area contributed by atoms with E-state index in [0.29, 0.717) is 5.11 Å². The van der Waals surface area contributed by atoms with Crippen molar-refractivity contribution < 1.29 is 4.74 Å². The Morgan fingerprint density at radius 2 is 1.83 bits per heavy atom. The summed E-state index contributed by atoms with van der Waals surface area (Å²) in [4.78, 5) is 0. The third-order valence-corrected chi connectivity index (χ3v) is 4.09. The van der Waals surface area contributed by atoms with E-state index in [9.17, 15) is 0 Å². The second kappa shape index (κ2) is 7.97. The molecule has 1 atom stereocenters. The summed E-state index contributed by atoms with van der Waals surface area (Å²) in [6.45, 7) is 6.29. The highest BCUT2D eigenvalue weighted by atomic mass is 32.1. The molecule has 2 rings (SSSR count). The standard InChI is InChI=1S/C19H24N2OS/c1-5-17(15-8-10-16(22-4)11-9-15)20-19(23)21-18-12-13(2)6-7-14(18)3/h6-12,17H,5H2,1-4H3,(H2,20,21,23)/t17-/m0/s1. The number of ether oxygens (including phenoxy) is 1. The van der Waals surface area contributed by atoms with E-state index in [1.54, 1.807) is 7.11 Å². The Morgan fingerprint density at radius 3 is 2.43 bits per heavy atom. The minimum atomic E-state index is 0.172. The predicted octanol–water partition coefficient (Wildman–Crippen LogP) is 4.75. The molecule has 3 nitrogen and oxygen atoms in total. The first-order chi connectivity index (χ1) is 11.0. The van der Waals surface area contributed by atoms with Gasteiger partial charge < -0.3 is 15.4 Å². The average molecular weight is 328 g/mol. The third-order valence-electron chi connectivity index (χ3n) is 3.87. The van der Waals surface area contributed by atoms with Crippen molar-refractivity contribution in [2.24, 2.45) is 0 Å². The topological polar surface area (TPSA) is 33.3 Å². The Kier molecular flexibility index (Phi) is 5.99. The van der Waals surface area contributed by atoms with Crippen LogP contribution in [0, 0.1) is 13.8 Å². The molecule has 0 saturated heterocycles. The van der Waals surface area contributed by atoms with Gasteiger partial charge in [-0.2, -0.15) is 0 Å². The molecule has 0 bridgehead atoms. The van der Waals surface area contributed by atoms with Crippen molar-refractivity contribution in [2.45, 2.75) is 33.2 Å². The first-order valence-electron chi connectivity index (χ1n) is 7.82. The molecule has 122 valence electrons. The van der Waals surface area contributed by atoms with Crippen LogP contribution in [0.15, 0.2) is 42.5 Å². The summed E-state index contributed by atoms with van der Waals surface area (Å²) in [5.41, 5.74) is 4.63. The fourth-order valence-electron chi connectivity index (χ4n) is 2.44. The van der Waals surface area contributed by atoms with Crippen molar-refractivity contribution in [2.75, 3.05) is 12.4 Å². The van der Waals surface area contributed by atoms with Crippen LogP contribution < -0.4 is 15.4 Å². The molecule has 2 aromatic rings. The highest BCUT2D eigenvalue weighted by Crippen LogP contribution is 2.21. The van der Waals surface area contributed by atoms with Gasteiger partial charge in [0.2, 0.25) is 0 Å². The molecule has 0 aliphatic heterocycles. The van der Waals surface area contributed by atoms with Crippen molar-refractivity contribution in [3.8, 4) is 5.75 Å². The Bertz CT molecular complexity index is 668. The smallest absolute Gasteiger partial charge is 0.171 e. The van der Waals surface area contributed by atoms with Gasteiger partial charge in [-0.25, -0.2) is 0 Å². The molecule has 0 radical (unpaired) electrons. The SMILES string of the molecule is CC[C@H](NC(=S)Nc1cc(C)ccc1C)c1ccc(OC)cc1. The molecule has 0 spiro atoms. The van der Waals surface area contributed by atoms with Crippen molar-refractivity contribution in [1.29, 1.82) is 0 Å². The number of thiocarbonyl (C=S) groups is 1. The van der Waals surface area contributed by atoms with Gasteiger partial charge in [-0.3, -0.25) is 0 Å². The largest absolute Gasteiger partial charge is 0.497 e. The summed E-state index contributed by atoms with van der Waals surface area (Å²) in [6.07, 6.45) is 0.945. The lowest BCUT2D eigenvalue weighted by atomic mass is 10.0. The summed E-state index contributed by atoms with van der Waals surface area (Å²) in [6, 6.07) is 14.6. The Balaban J connectivity index is 2.05. The maximum atomic E-state index is 5.48. The first kappa shape index (κ1) is 17.3. The van der Waals surface area contributed by atoms with Gasteiger partial charge in [0.05, 0.1) is 13.2 Å². The minimum absolute atomic E-state index is 0.172. The number of aryl methyl sites for hydroxylation is 2. The molecule has 0 unspecified atom stereocenters. The van der Waals surface area contributed by atoms with Gasteiger partial charge in [-0.05, 0) is 67.4 Å². The van der Waals surface area contributed by atoms with Crippen LogP contribution in [0.3, 0.4) is 0 Å². The number of hydrogen-bond acceptors (Lipinski definition) is 2. The van der Waals surface area contributed by atoms with Gasteiger partial charge in [-0.1, -0.05) is 31.2 Å². The fourth-order valence-corrected chi connectivity index (χ4v) is 2.70. The van der Waals surface area contributed by atoms with Gasteiger partial charge >= 0.3 is 0 Å². The monoisotopic (exact) mass is 328 g/mol. The van der Waals surface area contributed by atoms with Crippen LogP contribution in [-0.4, -0.2) is 12.2 Å². The first-order valence-corrected chi connectivity index (χ1v) is 8.23.